The first-order chi connectivity index (χ1) is 6.29. The molecule has 2 atom stereocenters. The normalized spacial score (nSPS) is 29.1. The van der Waals surface area contributed by atoms with Gasteiger partial charge in [-0.3, -0.25) is 0 Å². The minimum absolute atomic E-state index is 0.125. The minimum Gasteiger partial charge on any atom is -0.392 e. The zero-order valence-electron chi connectivity index (χ0n) is 7.37. The van der Waals surface area contributed by atoms with Gasteiger partial charge in [0.05, 0.1) is 6.10 Å². The number of aliphatic hydroxyl groups is 1. The molecule has 1 nitrogen and oxygen atoms in total. The van der Waals surface area contributed by atoms with Crippen molar-refractivity contribution < 1.29 is 5.11 Å². The zero-order valence-corrected chi connectivity index (χ0v) is 9.77. The van der Waals surface area contributed by atoms with Crippen molar-refractivity contribution >= 4 is 27.3 Å². The molecule has 1 fully saturated rings. The largest absolute Gasteiger partial charge is 0.392 e. The van der Waals surface area contributed by atoms with Crippen molar-refractivity contribution in [2.24, 2.45) is 0 Å². The first-order valence-electron chi connectivity index (χ1n) is 4.68. The van der Waals surface area contributed by atoms with E-state index in [1.54, 1.807) is 11.3 Å². The summed E-state index contributed by atoms with van der Waals surface area (Å²) in [5.74, 6) is 0.370. The maximum Gasteiger partial charge on any atom is 0.0609 e. The average molecular weight is 261 g/mol. The molecule has 0 unspecified atom stereocenters. The molecule has 2 rings (SSSR count). The molecule has 1 aromatic heterocycles. The quantitative estimate of drug-likeness (QED) is 0.819. The van der Waals surface area contributed by atoms with Crippen LogP contribution in [0, 0.1) is 0 Å². The van der Waals surface area contributed by atoms with E-state index in [1.165, 1.54) is 22.9 Å². The number of thiophene rings is 1. The van der Waals surface area contributed by atoms with Crippen LogP contribution in [0.25, 0.3) is 0 Å². The number of halogens is 1. The van der Waals surface area contributed by atoms with Crippen molar-refractivity contribution in [3.63, 3.8) is 0 Å². The third-order valence-electron chi connectivity index (χ3n) is 2.77. The molecule has 0 bridgehead atoms. The lowest BCUT2D eigenvalue weighted by Gasteiger charge is -2.27. The lowest BCUT2D eigenvalue weighted by Crippen LogP contribution is -2.22. The first kappa shape index (κ1) is 9.69. The van der Waals surface area contributed by atoms with Crippen LogP contribution in [0.3, 0.4) is 0 Å². The fourth-order valence-corrected chi connectivity index (χ4v) is 3.69. The summed E-state index contributed by atoms with van der Waals surface area (Å²) >= 11 is 5.23. The fourth-order valence-electron chi connectivity index (χ4n) is 2.03. The summed E-state index contributed by atoms with van der Waals surface area (Å²) in [6.45, 7) is 0. The molecule has 72 valence electrons. The fraction of sp³-hybridized carbons (Fsp3) is 0.600. The summed E-state index contributed by atoms with van der Waals surface area (Å²) in [4.78, 5) is 0. The summed E-state index contributed by atoms with van der Waals surface area (Å²) in [7, 11) is 0. The Morgan fingerprint density at radius 3 is 2.69 bits per heavy atom. The van der Waals surface area contributed by atoms with E-state index in [1.807, 2.05) is 0 Å². The van der Waals surface area contributed by atoms with Crippen LogP contribution in [0.1, 0.15) is 37.2 Å². The van der Waals surface area contributed by atoms with Crippen molar-refractivity contribution in [3.8, 4) is 0 Å². The molecule has 0 radical (unpaired) electrons. The Morgan fingerprint density at radius 1 is 1.31 bits per heavy atom. The molecule has 1 aliphatic carbocycles. The standard InChI is InChI=1S/C10H13BrOS/c11-9-6-13-5-8(9)7-3-1-2-4-10(7)12/h5-7,10,12H,1-4H2/t7-,10+/m0/s1. The molecule has 0 amide bonds. The number of hydrogen-bond donors (Lipinski definition) is 1. The Balaban J connectivity index is 2.19. The molecule has 1 saturated carbocycles. The first-order valence-corrected chi connectivity index (χ1v) is 6.42. The highest BCUT2D eigenvalue weighted by Gasteiger charge is 2.26. The van der Waals surface area contributed by atoms with Gasteiger partial charge in [-0.1, -0.05) is 12.8 Å². The molecule has 1 aromatic rings. The van der Waals surface area contributed by atoms with Crippen molar-refractivity contribution in [1.82, 2.24) is 0 Å². The molecular weight excluding hydrogens is 248 g/mol. The molecule has 1 aliphatic rings. The monoisotopic (exact) mass is 260 g/mol. The van der Waals surface area contributed by atoms with Crippen LogP contribution in [0.5, 0.6) is 0 Å². The smallest absolute Gasteiger partial charge is 0.0609 e. The molecule has 1 N–H and O–H groups in total. The molecule has 0 aliphatic heterocycles. The van der Waals surface area contributed by atoms with Crippen LogP contribution >= 0.6 is 27.3 Å². The van der Waals surface area contributed by atoms with E-state index in [0.717, 1.165) is 12.8 Å². The molecule has 3 heteroatoms. The highest BCUT2D eigenvalue weighted by atomic mass is 79.9. The second kappa shape index (κ2) is 4.11. The van der Waals surface area contributed by atoms with Gasteiger partial charge in [0.15, 0.2) is 0 Å². The summed E-state index contributed by atoms with van der Waals surface area (Å²) in [5.41, 5.74) is 1.30. The number of rotatable bonds is 1. The Labute approximate surface area is 90.9 Å². The Morgan fingerprint density at radius 2 is 2.08 bits per heavy atom. The third kappa shape index (κ3) is 1.97. The summed E-state index contributed by atoms with van der Waals surface area (Å²) < 4.78 is 1.17. The zero-order chi connectivity index (χ0) is 9.26. The van der Waals surface area contributed by atoms with Crippen molar-refractivity contribution in [2.45, 2.75) is 37.7 Å². The van der Waals surface area contributed by atoms with Crippen LogP contribution in [0.15, 0.2) is 15.2 Å². The van der Waals surface area contributed by atoms with Crippen LogP contribution in [-0.2, 0) is 0 Å². The Bertz CT molecular complexity index is 284. The molecular formula is C10H13BrOS. The lowest BCUT2D eigenvalue weighted by molar-refractivity contribution is 0.106. The van der Waals surface area contributed by atoms with Gasteiger partial charge in [-0.25, -0.2) is 0 Å². The van der Waals surface area contributed by atoms with E-state index in [2.05, 4.69) is 26.7 Å². The van der Waals surface area contributed by atoms with Gasteiger partial charge in [0, 0.05) is 15.8 Å². The topological polar surface area (TPSA) is 20.2 Å². The maximum absolute atomic E-state index is 9.85. The lowest BCUT2D eigenvalue weighted by atomic mass is 9.83. The van der Waals surface area contributed by atoms with Gasteiger partial charge < -0.3 is 5.11 Å². The van der Waals surface area contributed by atoms with E-state index in [4.69, 9.17) is 0 Å². The van der Waals surface area contributed by atoms with Crippen LogP contribution < -0.4 is 0 Å². The SMILES string of the molecule is O[C@@H]1CCCC[C@H]1c1cscc1Br. The molecule has 0 saturated heterocycles. The molecule has 13 heavy (non-hydrogen) atoms. The van der Waals surface area contributed by atoms with E-state index in [9.17, 15) is 5.11 Å². The summed E-state index contributed by atoms with van der Waals surface area (Å²) in [6, 6.07) is 0. The number of aliphatic hydroxyl groups excluding tert-OH is 1. The van der Waals surface area contributed by atoms with E-state index in [-0.39, 0.29) is 6.10 Å². The molecule has 1 heterocycles. The highest BCUT2D eigenvalue weighted by molar-refractivity contribution is 9.10. The average Bonchev–Trinajstić information content (AvgIpc) is 2.52. The van der Waals surface area contributed by atoms with Gasteiger partial charge >= 0.3 is 0 Å². The van der Waals surface area contributed by atoms with Crippen molar-refractivity contribution in [3.05, 3.63) is 20.8 Å². The minimum atomic E-state index is -0.125. The van der Waals surface area contributed by atoms with Crippen LogP contribution in [0.2, 0.25) is 0 Å². The second-order valence-corrected chi connectivity index (χ2v) is 5.23. The summed E-state index contributed by atoms with van der Waals surface area (Å²) in [6.07, 6.45) is 4.41. The predicted molar refractivity (Wildman–Crippen MR) is 59.2 cm³/mol. The van der Waals surface area contributed by atoms with Crippen LogP contribution in [0.4, 0.5) is 0 Å². The van der Waals surface area contributed by atoms with Crippen LogP contribution in [-0.4, -0.2) is 11.2 Å². The molecule has 0 spiro atoms. The summed E-state index contributed by atoms with van der Waals surface area (Å²) in [5, 5.41) is 14.1. The Kier molecular flexibility index (Phi) is 3.06. The van der Waals surface area contributed by atoms with Gasteiger partial charge in [-0.05, 0) is 39.7 Å². The van der Waals surface area contributed by atoms with E-state index >= 15 is 0 Å². The van der Waals surface area contributed by atoms with Crippen molar-refractivity contribution in [1.29, 1.82) is 0 Å². The maximum atomic E-state index is 9.85. The van der Waals surface area contributed by atoms with Gasteiger partial charge in [-0.15, -0.1) is 0 Å². The second-order valence-electron chi connectivity index (χ2n) is 3.63. The van der Waals surface area contributed by atoms with Crippen molar-refractivity contribution in [2.75, 3.05) is 0 Å². The predicted octanol–water partition coefficient (Wildman–Crippen LogP) is 3.53. The van der Waals surface area contributed by atoms with E-state index < -0.39 is 0 Å². The molecule has 0 aromatic carbocycles. The van der Waals surface area contributed by atoms with Gasteiger partial charge in [0.2, 0.25) is 0 Å². The van der Waals surface area contributed by atoms with Gasteiger partial charge in [-0.2, -0.15) is 11.3 Å². The van der Waals surface area contributed by atoms with Gasteiger partial charge in [0.25, 0.3) is 0 Å². The van der Waals surface area contributed by atoms with E-state index in [0.29, 0.717) is 5.92 Å². The number of hydrogen-bond acceptors (Lipinski definition) is 2. The third-order valence-corrected chi connectivity index (χ3v) is 4.52. The highest BCUT2D eigenvalue weighted by Crippen LogP contribution is 2.38. The van der Waals surface area contributed by atoms with Gasteiger partial charge in [0.1, 0.15) is 0 Å². The Hall–Kier alpha value is 0.140.